The first-order valence-corrected chi connectivity index (χ1v) is 6.55. The Morgan fingerprint density at radius 1 is 1.12 bits per heavy atom. The molecule has 0 fully saturated rings. The Morgan fingerprint density at radius 2 is 1.82 bits per heavy atom. The van der Waals surface area contributed by atoms with Gasteiger partial charge in [0.05, 0.1) is 10.7 Å². The average molecular weight is 362 g/mol. The molecule has 1 nitrogen and oxygen atoms in total. The van der Waals surface area contributed by atoms with Crippen molar-refractivity contribution in [2.24, 2.45) is 0 Å². The van der Waals surface area contributed by atoms with Gasteiger partial charge in [-0.25, -0.2) is 4.39 Å². The van der Waals surface area contributed by atoms with Crippen LogP contribution in [0.5, 0.6) is 0 Å². The minimum absolute atomic E-state index is 0.331. The highest BCUT2D eigenvalue weighted by atomic mass is 127. The van der Waals surface area contributed by atoms with Gasteiger partial charge >= 0.3 is 0 Å². The number of benzene rings is 2. The molecule has 88 valence electrons. The van der Waals surface area contributed by atoms with Gasteiger partial charge in [0.15, 0.2) is 0 Å². The Bertz CT molecular complexity index is 493. The summed E-state index contributed by atoms with van der Waals surface area (Å²) in [5.74, 6) is -0.331. The fourth-order valence-corrected chi connectivity index (χ4v) is 2.05. The lowest BCUT2D eigenvalue weighted by Gasteiger charge is -2.09. The number of hydrogen-bond donors (Lipinski definition) is 1. The molecule has 0 aliphatic rings. The zero-order valence-electron chi connectivity index (χ0n) is 8.88. The maximum Gasteiger partial charge on any atom is 0.147 e. The van der Waals surface area contributed by atoms with Crippen LogP contribution in [0.4, 0.5) is 10.1 Å². The van der Waals surface area contributed by atoms with Gasteiger partial charge in [0.25, 0.3) is 0 Å². The highest BCUT2D eigenvalue weighted by molar-refractivity contribution is 14.1. The predicted molar refractivity (Wildman–Crippen MR) is 77.9 cm³/mol. The van der Waals surface area contributed by atoms with Crippen LogP contribution in [0.2, 0.25) is 5.02 Å². The van der Waals surface area contributed by atoms with Gasteiger partial charge in [0.2, 0.25) is 0 Å². The molecule has 0 saturated carbocycles. The highest BCUT2D eigenvalue weighted by Gasteiger charge is 2.05. The van der Waals surface area contributed by atoms with Crippen LogP contribution < -0.4 is 5.32 Å². The normalized spacial score (nSPS) is 10.3. The molecule has 0 spiro atoms. The molecule has 0 aliphatic heterocycles. The van der Waals surface area contributed by atoms with Crippen LogP contribution in [0.25, 0.3) is 0 Å². The quantitative estimate of drug-likeness (QED) is 0.782. The summed E-state index contributed by atoms with van der Waals surface area (Å²) in [7, 11) is 0. The molecule has 2 aromatic carbocycles. The first-order valence-electron chi connectivity index (χ1n) is 5.09. The maximum absolute atomic E-state index is 13.5. The van der Waals surface area contributed by atoms with Crippen molar-refractivity contribution < 1.29 is 4.39 Å². The summed E-state index contributed by atoms with van der Waals surface area (Å²) in [6.07, 6.45) is 0. The minimum atomic E-state index is -0.331. The number of rotatable bonds is 3. The number of anilines is 1. The Balaban J connectivity index is 2.10. The van der Waals surface area contributed by atoms with Gasteiger partial charge < -0.3 is 5.32 Å². The Hall–Kier alpha value is -0.810. The molecular weight excluding hydrogens is 352 g/mol. The van der Waals surface area contributed by atoms with Crippen molar-refractivity contribution in [3.8, 4) is 0 Å². The molecule has 4 heteroatoms. The van der Waals surface area contributed by atoms with Crippen LogP contribution >= 0.6 is 34.2 Å². The van der Waals surface area contributed by atoms with Gasteiger partial charge in [-0.1, -0.05) is 29.8 Å². The second kappa shape index (κ2) is 5.69. The topological polar surface area (TPSA) is 12.0 Å². The van der Waals surface area contributed by atoms with Crippen LogP contribution in [0.3, 0.4) is 0 Å². The number of para-hydroxylation sites is 1. The molecule has 0 heterocycles. The molecule has 0 saturated heterocycles. The Morgan fingerprint density at radius 3 is 2.47 bits per heavy atom. The molecule has 0 aliphatic carbocycles. The summed E-state index contributed by atoms with van der Waals surface area (Å²) in [5.41, 5.74) is 1.44. The van der Waals surface area contributed by atoms with E-state index in [0.29, 0.717) is 17.3 Å². The van der Waals surface area contributed by atoms with Crippen LogP contribution in [0, 0.1) is 9.39 Å². The molecule has 1 N–H and O–H groups in total. The van der Waals surface area contributed by atoms with Gasteiger partial charge in [-0.3, -0.25) is 0 Å². The first kappa shape index (κ1) is 12.6. The van der Waals surface area contributed by atoms with Crippen molar-refractivity contribution in [3.05, 3.63) is 62.4 Å². The second-order valence-corrected chi connectivity index (χ2v) is 5.23. The largest absolute Gasteiger partial charge is 0.377 e. The summed E-state index contributed by atoms with van der Waals surface area (Å²) < 4.78 is 14.6. The standard InChI is InChI=1S/C13H10ClFIN/c14-11-2-1-3-12(15)13(11)17-8-9-4-6-10(16)7-5-9/h1-7,17H,8H2. The number of halogens is 3. The van der Waals surface area contributed by atoms with Gasteiger partial charge in [0, 0.05) is 10.1 Å². The number of hydrogen-bond acceptors (Lipinski definition) is 1. The summed E-state index contributed by atoms with van der Waals surface area (Å²) in [5, 5.41) is 3.41. The van der Waals surface area contributed by atoms with E-state index in [1.165, 1.54) is 9.64 Å². The van der Waals surface area contributed by atoms with Crippen molar-refractivity contribution in [2.45, 2.75) is 6.54 Å². The summed E-state index contributed by atoms with van der Waals surface area (Å²) in [6.45, 7) is 0.553. The molecule has 0 unspecified atom stereocenters. The molecule has 0 aromatic heterocycles. The third-order valence-corrected chi connectivity index (χ3v) is 3.38. The molecule has 2 rings (SSSR count). The number of nitrogens with one attached hydrogen (secondary N) is 1. The van der Waals surface area contributed by atoms with E-state index in [4.69, 9.17) is 11.6 Å². The van der Waals surface area contributed by atoms with E-state index < -0.39 is 0 Å². The Labute approximate surface area is 118 Å². The van der Waals surface area contributed by atoms with Crippen LogP contribution in [-0.2, 0) is 6.54 Å². The van der Waals surface area contributed by atoms with E-state index in [0.717, 1.165) is 5.56 Å². The van der Waals surface area contributed by atoms with Gasteiger partial charge in [-0.2, -0.15) is 0 Å². The van der Waals surface area contributed by atoms with E-state index in [1.54, 1.807) is 12.1 Å². The third-order valence-electron chi connectivity index (χ3n) is 2.35. The SMILES string of the molecule is Fc1cccc(Cl)c1NCc1ccc(I)cc1. The monoisotopic (exact) mass is 361 g/mol. The van der Waals surface area contributed by atoms with E-state index in [2.05, 4.69) is 27.9 Å². The van der Waals surface area contributed by atoms with E-state index >= 15 is 0 Å². The smallest absolute Gasteiger partial charge is 0.147 e. The fraction of sp³-hybridized carbons (Fsp3) is 0.0769. The molecule has 0 bridgehead atoms. The lowest BCUT2D eigenvalue weighted by Crippen LogP contribution is -2.02. The predicted octanol–water partition coefficient (Wildman–Crippen LogP) is 4.70. The summed E-state index contributed by atoms with van der Waals surface area (Å²) >= 11 is 8.16. The van der Waals surface area contributed by atoms with Crippen molar-refractivity contribution in [1.82, 2.24) is 0 Å². The molecule has 17 heavy (non-hydrogen) atoms. The van der Waals surface area contributed by atoms with Crippen molar-refractivity contribution in [2.75, 3.05) is 5.32 Å². The zero-order valence-corrected chi connectivity index (χ0v) is 11.8. The van der Waals surface area contributed by atoms with Gasteiger partial charge in [-0.15, -0.1) is 0 Å². The van der Waals surface area contributed by atoms with Gasteiger partial charge in [0.1, 0.15) is 5.82 Å². The van der Waals surface area contributed by atoms with Gasteiger partial charge in [-0.05, 0) is 52.4 Å². The van der Waals surface area contributed by atoms with E-state index in [1.807, 2.05) is 24.3 Å². The van der Waals surface area contributed by atoms with Crippen molar-refractivity contribution >= 4 is 39.9 Å². The summed E-state index contributed by atoms with van der Waals surface area (Å²) in [6, 6.07) is 12.7. The van der Waals surface area contributed by atoms with Crippen molar-refractivity contribution in [3.63, 3.8) is 0 Å². The maximum atomic E-state index is 13.5. The summed E-state index contributed by atoms with van der Waals surface area (Å²) in [4.78, 5) is 0. The molecule has 0 atom stereocenters. The first-order chi connectivity index (χ1) is 8.16. The van der Waals surface area contributed by atoms with E-state index in [-0.39, 0.29) is 5.82 Å². The molecule has 0 amide bonds. The van der Waals surface area contributed by atoms with Crippen LogP contribution in [-0.4, -0.2) is 0 Å². The lowest BCUT2D eigenvalue weighted by molar-refractivity contribution is 0.630. The van der Waals surface area contributed by atoms with Crippen molar-refractivity contribution in [1.29, 1.82) is 0 Å². The van der Waals surface area contributed by atoms with Crippen LogP contribution in [0.1, 0.15) is 5.56 Å². The molecular formula is C13H10ClFIN. The Kier molecular flexibility index (Phi) is 4.23. The second-order valence-electron chi connectivity index (χ2n) is 3.58. The highest BCUT2D eigenvalue weighted by Crippen LogP contribution is 2.25. The minimum Gasteiger partial charge on any atom is -0.377 e. The lowest BCUT2D eigenvalue weighted by atomic mass is 10.2. The average Bonchev–Trinajstić information content (AvgIpc) is 2.31. The zero-order chi connectivity index (χ0) is 12.3. The van der Waals surface area contributed by atoms with Crippen LogP contribution in [0.15, 0.2) is 42.5 Å². The van der Waals surface area contributed by atoms with E-state index in [9.17, 15) is 4.39 Å². The molecule has 2 aromatic rings. The third kappa shape index (κ3) is 3.33. The fourth-order valence-electron chi connectivity index (χ4n) is 1.46. The molecule has 0 radical (unpaired) electrons.